The van der Waals surface area contributed by atoms with E-state index in [2.05, 4.69) is 19.9 Å². The quantitative estimate of drug-likeness (QED) is 0.493. The smallest absolute Gasteiger partial charge is 0.339 e. The van der Waals surface area contributed by atoms with E-state index in [1.165, 1.54) is 0 Å². The third kappa shape index (κ3) is 4.03. The number of anilines is 2. The molecule has 0 spiro atoms. The lowest BCUT2D eigenvalue weighted by molar-refractivity contribution is 0.0463. The highest BCUT2D eigenvalue weighted by Gasteiger charge is 2.18. The number of benzene rings is 2. The molecule has 2 aromatic carbocycles. The van der Waals surface area contributed by atoms with E-state index in [-0.39, 0.29) is 24.3 Å². The lowest BCUT2D eigenvalue weighted by Crippen LogP contribution is -2.11. The van der Waals surface area contributed by atoms with Crippen molar-refractivity contribution in [3.05, 3.63) is 72.2 Å². The summed E-state index contributed by atoms with van der Waals surface area (Å²) in [5.41, 5.74) is 12.7. The molecule has 0 atom stereocenters. The van der Waals surface area contributed by atoms with Crippen LogP contribution in [0.15, 0.2) is 65.2 Å². The molecule has 0 saturated heterocycles. The molecule has 0 fully saturated rings. The number of oxazole rings is 1. The molecular weight excluding hydrogens is 372 g/mol. The van der Waals surface area contributed by atoms with Crippen LogP contribution in [-0.4, -0.2) is 25.9 Å². The van der Waals surface area contributed by atoms with E-state index in [1.807, 2.05) is 30.3 Å². The fourth-order valence-electron chi connectivity index (χ4n) is 2.71. The SMILES string of the molecule is Nc1nc(N)nc(COC(=O)c2ccccc2-c2ncc(-c3ccccc3)o2)n1. The average Bonchev–Trinajstić information content (AvgIpc) is 3.22. The zero-order chi connectivity index (χ0) is 20.2. The van der Waals surface area contributed by atoms with Gasteiger partial charge in [0.2, 0.25) is 17.8 Å². The fourth-order valence-corrected chi connectivity index (χ4v) is 2.71. The Morgan fingerprint density at radius 1 is 0.931 bits per heavy atom. The van der Waals surface area contributed by atoms with Gasteiger partial charge in [0, 0.05) is 5.56 Å². The number of nitrogen functional groups attached to an aromatic ring is 2. The number of nitrogens with two attached hydrogens (primary N) is 2. The summed E-state index contributed by atoms with van der Waals surface area (Å²) >= 11 is 0. The van der Waals surface area contributed by atoms with E-state index in [0.717, 1.165) is 5.56 Å². The van der Waals surface area contributed by atoms with E-state index in [0.29, 0.717) is 22.8 Å². The lowest BCUT2D eigenvalue weighted by atomic mass is 10.1. The van der Waals surface area contributed by atoms with Crippen molar-refractivity contribution in [2.45, 2.75) is 6.61 Å². The topological polar surface area (TPSA) is 143 Å². The average molecular weight is 388 g/mol. The molecule has 2 heterocycles. The molecule has 4 rings (SSSR count). The monoisotopic (exact) mass is 388 g/mol. The highest BCUT2D eigenvalue weighted by Crippen LogP contribution is 2.28. The number of aromatic nitrogens is 4. The van der Waals surface area contributed by atoms with Gasteiger partial charge < -0.3 is 20.6 Å². The Kier molecular flexibility index (Phi) is 4.85. The van der Waals surface area contributed by atoms with Crippen LogP contribution in [0.4, 0.5) is 11.9 Å². The first-order chi connectivity index (χ1) is 14.1. The van der Waals surface area contributed by atoms with Gasteiger partial charge in [-0.05, 0) is 12.1 Å². The van der Waals surface area contributed by atoms with Gasteiger partial charge in [-0.3, -0.25) is 0 Å². The molecular formula is C20H16N6O3. The predicted molar refractivity (Wildman–Crippen MR) is 105 cm³/mol. The van der Waals surface area contributed by atoms with Crippen molar-refractivity contribution in [1.29, 1.82) is 0 Å². The zero-order valence-electron chi connectivity index (χ0n) is 15.1. The molecule has 0 radical (unpaired) electrons. The van der Waals surface area contributed by atoms with Crippen molar-refractivity contribution in [3.63, 3.8) is 0 Å². The third-order valence-corrected chi connectivity index (χ3v) is 3.99. The van der Waals surface area contributed by atoms with Crippen molar-refractivity contribution in [3.8, 4) is 22.8 Å². The van der Waals surface area contributed by atoms with Crippen LogP contribution < -0.4 is 11.5 Å². The second-order valence-corrected chi connectivity index (χ2v) is 5.99. The predicted octanol–water partition coefficient (Wildman–Crippen LogP) is 2.71. The molecule has 144 valence electrons. The van der Waals surface area contributed by atoms with Gasteiger partial charge in [0.05, 0.1) is 17.3 Å². The highest BCUT2D eigenvalue weighted by atomic mass is 16.5. The summed E-state index contributed by atoms with van der Waals surface area (Å²) in [6.07, 6.45) is 1.61. The van der Waals surface area contributed by atoms with E-state index in [1.54, 1.807) is 30.5 Å². The van der Waals surface area contributed by atoms with Crippen LogP contribution in [0.3, 0.4) is 0 Å². The van der Waals surface area contributed by atoms with Gasteiger partial charge in [0.1, 0.15) is 0 Å². The lowest BCUT2D eigenvalue weighted by Gasteiger charge is -2.07. The fraction of sp³-hybridized carbons (Fsp3) is 0.0500. The van der Waals surface area contributed by atoms with E-state index < -0.39 is 5.97 Å². The Balaban J connectivity index is 1.57. The summed E-state index contributed by atoms with van der Waals surface area (Å²) in [4.78, 5) is 28.4. The molecule has 9 heteroatoms. The second-order valence-electron chi connectivity index (χ2n) is 5.99. The van der Waals surface area contributed by atoms with Gasteiger partial charge in [0.25, 0.3) is 0 Å². The molecule has 0 aliphatic rings. The van der Waals surface area contributed by atoms with Gasteiger partial charge >= 0.3 is 5.97 Å². The van der Waals surface area contributed by atoms with Crippen LogP contribution >= 0.6 is 0 Å². The van der Waals surface area contributed by atoms with Gasteiger partial charge in [-0.25, -0.2) is 9.78 Å². The number of rotatable bonds is 5. The maximum Gasteiger partial charge on any atom is 0.339 e. The zero-order valence-corrected chi connectivity index (χ0v) is 15.1. The summed E-state index contributed by atoms with van der Waals surface area (Å²) in [5.74, 6) is 0.389. The summed E-state index contributed by atoms with van der Waals surface area (Å²) in [5, 5.41) is 0. The Morgan fingerprint density at radius 3 is 2.38 bits per heavy atom. The number of hydrogen-bond acceptors (Lipinski definition) is 9. The van der Waals surface area contributed by atoms with Gasteiger partial charge in [-0.15, -0.1) is 0 Å². The van der Waals surface area contributed by atoms with Crippen molar-refractivity contribution in [2.24, 2.45) is 0 Å². The number of hydrogen-bond donors (Lipinski definition) is 2. The van der Waals surface area contributed by atoms with Gasteiger partial charge in [0.15, 0.2) is 18.2 Å². The minimum atomic E-state index is -0.586. The summed E-state index contributed by atoms with van der Waals surface area (Å²) in [7, 11) is 0. The first-order valence-electron chi connectivity index (χ1n) is 8.64. The summed E-state index contributed by atoms with van der Waals surface area (Å²) < 4.78 is 11.2. The van der Waals surface area contributed by atoms with E-state index in [9.17, 15) is 4.79 Å². The minimum Gasteiger partial charge on any atom is -0.454 e. The second kappa shape index (κ2) is 7.77. The molecule has 0 aliphatic carbocycles. The molecule has 0 amide bonds. The molecule has 0 bridgehead atoms. The molecule has 4 N–H and O–H groups in total. The Labute approximate surface area is 165 Å². The number of nitrogens with zero attached hydrogens (tertiary/aromatic N) is 4. The standard InChI is InChI=1S/C20H16N6O3/c21-19-24-16(25-20(22)26-19)11-28-18(27)14-9-5-4-8-13(14)17-23-10-15(29-17)12-6-2-1-3-7-12/h1-10H,11H2,(H4,21,22,24,25,26). The molecule has 2 aromatic heterocycles. The number of ether oxygens (including phenoxy) is 1. The maximum absolute atomic E-state index is 12.6. The highest BCUT2D eigenvalue weighted by molar-refractivity contribution is 5.96. The Bertz CT molecular complexity index is 1140. The molecule has 0 unspecified atom stereocenters. The largest absolute Gasteiger partial charge is 0.454 e. The van der Waals surface area contributed by atoms with Crippen LogP contribution in [-0.2, 0) is 11.3 Å². The summed E-state index contributed by atoms with van der Waals surface area (Å²) in [6.45, 7) is -0.203. The first kappa shape index (κ1) is 18.1. The van der Waals surface area contributed by atoms with Gasteiger partial charge in [-0.1, -0.05) is 42.5 Å². The minimum absolute atomic E-state index is 0.0443. The van der Waals surface area contributed by atoms with Crippen LogP contribution in [0.2, 0.25) is 0 Å². The van der Waals surface area contributed by atoms with Crippen molar-refractivity contribution in [1.82, 2.24) is 19.9 Å². The molecule has 0 saturated carbocycles. The molecule has 0 aliphatic heterocycles. The third-order valence-electron chi connectivity index (χ3n) is 3.99. The van der Waals surface area contributed by atoms with Crippen molar-refractivity contribution in [2.75, 3.05) is 11.5 Å². The number of esters is 1. The maximum atomic E-state index is 12.6. The number of carbonyl (C=O) groups excluding carboxylic acids is 1. The van der Waals surface area contributed by atoms with Crippen LogP contribution in [0.1, 0.15) is 16.2 Å². The molecule has 9 nitrogen and oxygen atoms in total. The Hall–Kier alpha value is -4.27. The normalized spacial score (nSPS) is 10.6. The van der Waals surface area contributed by atoms with Crippen LogP contribution in [0.25, 0.3) is 22.8 Å². The van der Waals surface area contributed by atoms with Crippen LogP contribution in [0, 0.1) is 0 Å². The summed E-state index contributed by atoms with van der Waals surface area (Å²) in [6, 6.07) is 16.4. The number of carbonyl (C=O) groups is 1. The Morgan fingerprint density at radius 2 is 1.62 bits per heavy atom. The van der Waals surface area contributed by atoms with Crippen molar-refractivity contribution < 1.29 is 13.9 Å². The first-order valence-corrected chi connectivity index (χ1v) is 8.64. The van der Waals surface area contributed by atoms with E-state index >= 15 is 0 Å². The molecule has 29 heavy (non-hydrogen) atoms. The van der Waals surface area contributed by atoms with Crippen molar-refractivity contribution >= 4 is 17.9 Å². The van der Waals surface area contributed by atoms with Gasteiger partial charge in [-0.2, -0.15) is 15.0 Å². The van der Waals surface area contributed by atoms with E-state index in [4.69, 9.17) is 20.6 Å². The molecule has 4 aromatic rings. The van der Waals surface area contributed by atoms with Crippen LogP contribution in [0.5, 0.6) is 0 Å².